The van der Waals surface area contributed by atoms with Gasteiger partial charge in [-0.05, 0) is 72.1 Å². The summed E-state index contributed by atoms with van der Waals surface area (Å²) in [6.07, 6.45) is 0. The number of halogens is 3. The molecule has 0 radical (unpaired) electrons. The van der Waals surface area contributed by atoms with Crippen molar-refractivity contribution in [2.75, 3.05) is 0 Å². The van der Waals surface area contributed by atoms with Gasteiger partial charge in [-0.25, -0.2) is 13.4 Å². The lowest BCUT2D eigenvalue weighted by atomic mass is 10.3. The molecule has 0 aliphatic rings. The molecule has 0 aliphatic heterocycles. The average Bonchev–Trinajstić information content (AvgIpc) is 2.87. The first-order valence-electron chi connectivity index (χ1n) is 6.22. The molecule has 3 rings (SSSR count). The van der Waals surface area contributed by atoms with Crippen LogP contribution in [0.2, 0.25) is 0 Å². The van der Waals surface area contributed by atoms with Crippen LogP contribution in [0.15, 0.2) is 59.8 Å². The first-order valence-corrected chi connectivity index (χ1v) is 10.1. The van der Waals surface area contributed by atoms with Crippen LogP contribution in [-0.2, 0) is 9.84 Å². The Morgan fingerprint density at radius 3 is 2.14 bits per heavy atom. The number of nitrogens with zero attached hydrogens (tertiary/aromatic N) is 1. The Bertz CT molecular complexity index is 932. The van der Waals surface area contributed by atoms with Crippen molar-refractivity contribution in [1.82, 2.24) is 4.98 Å². The Kier molecular flexibility index (Phi) is 4.22. The maximum Gasteiger partial charge on any atom is 0.383 e. The molecule has 0 saturated heterocycles. The smallest absolute Gasteiger partial charge is 0.226 e. The van der Waals surface area contributed by atoms with Crippen LogP contribution in [0.4, 0.5) is 0 Å². The lowest BCUT2D eigenvalue weighted by Crippen LogP contribution is -2.38. The van der Waals surface area contributed by atoms with E-state index >= 15 is 0 Å². The van der Waals surface area contributed by atoms with Crippen LogP contribution in [0.5, 0.6) is 0 Å². The normalized spacial score (nSPS) is 12.7. The van der Waals surface area contributed by atoms with Gasteiger partial charge in [0.05, 0.1) is 0 Å². The molecule has 0 atom stereocenters. The Balaban J connectivity index is 2.42. The third-order valence-corrected chi connectivity index (χ3v) is 8.40. The van der Waals surface area contributed by atoms with Gasteiger partial charge in [-0.15, -0.1) is 0 Å². The van der Waals surface area contributed by atoms with Crippen LogP contribution >= 0.6 is 47.8 Å². The van der Waals surface area contributed by atoms with Gasteiger partial charge in [-0.2, -0.15) is 4.57 Å². The number of aromatic amines is 1. The summed E-state index contributed by atoms with van der Waals surface area (Å²) in [4.78, 5) is 2.99. The highest BCUT2D eigenvalue weighted by Crippen LogP contribution is 2.42. The summed E-state index contributed by atoms with van der Waals surface area (Å²) < 4.78 is 25.9. The van der Waals surface area contributed by atoms with Crippen LogP contribution in [0, 0.1) is 0 Å². The van der Waals surface area contributed by atoms with Crippen molar-refractivity contribution in [3.8, 4) is 5.69 Å². The van der Waals surface area contributed by atoms with Gasteiger partial charge in [-0.3, -0.25) is 0 Å². The molecule has 0 bridgehead atoms. The number of hydrogen-bond donors (Lipinski definition) is 1. The summed E-state index contributed by atoms with van der Waals surface area (Å²) in [6.45, 7) is 0. The highest BCUT2D eigenvalue weighted by Gasteiger charge is 2.46. The van der Waals surface area contributed by atoms with Gasteiger partial charge in [0.15, 0.2) is 11.0 Å². The summed E-state index contributed by atoms with van der Waals surface area (Å²) >= 11 is 9.34. The number of fused-ring (bicyclic) bond motifs is 1. The minimum Gasteiger partial charge on any atom is -0.226 e. The van der Waals surface area contributed by atoms with Gasteiger partial charge in [0.2, 0.25) is 1.47 Å². The molecule has 1 heterocycles. The minimum atomic E-state index is -3.76. The molecule has 4 nitrogen and oxygen atoms in total. The number of sulfone groups is 1. The first kappa shape index (κ1) is 16.2. The summed E-state index contributed by atoms with van der Waals surface area (Å²) in [7, 11) is -3.76. The maximum absolute atomic E-state index is 12.8. The summed E-state index contributed by atoms with van der Waals surface area (Å²) in [5.41, 5.74) is 2.28. The van der Waals surface area contributed by atoms with Crippen molar-refractivity contribution >= 4 is 68.7 Å². The summed E-state index contributed by atoms with van der Waals surface area (Å²) in [6, 6.07) is 16.8. The van der Waals surface area contributed by atoms with Crippen molar-refractivity contribution in [2.45, 2.75) is 6.63 Å². The van der Waals surface area contributed by atoms with Crippen molar-refractivity contribution in [3.05, 3.63) is 54.6 Å². The molecule has 0 amide bonds. The van der Waals surface area contributed by atoms with Crippen molar-refractivity contribution in [2.24, 2.45) is 0 Å². The van der Waals surface area contributed by atoms with Crippen molar-refractivity contribution < 1.29 is 13.0 Å². The SMILES string of the molecule is O=S(=O)(c1[nH]c2ccccc2[n+]1-c1ccccc1)C(Br)(Br)Br. The number of nitrogens with one attached hydrogen (secondary N) is 1. The van der Waals surface area contributed by atoms with Crippen LogP contribution in [-0.4, -0.2) is 14.9 Å². The van der Waals surface area contributed by atoms with Crippen LogP contribution in [0.25, 0.3) is 16.7 Å². The number of imidazole rings is 1. The lowest BCUT2D eigenvalue weighted by molar-refractivity contribution is -0.610. The fourth-order valence-electron chi connectivity index (χ4n) is 2.19. The Morgan fingerprint density at radius 2 is 1.50 bits per heavy atom. The highest BCUT2D eigenvalue weighted by atomic mass is 80.0. The number of alkyl halides is 3. The van der Waals surface area contributed by atoms with Crippen molar-refractivity contribution in [1.29, 1.82) is 0 Å². The van der Waals surface area contributed by atoms with E-state index < -0.39 is 11.3 Å². The van der Waals surface area contributed by atoms with Crippen LogP contribution in [0.1, 0.15) is 0 Å². The van der Waals surface area contributed by atoms with E-state index in [-0.39, 0.29) is 5.16 Å². The molecule has 0 fully saturated rings. The van der Waals surface area contributed by atoms with E-state index in [0.717, 1.165) is 16.7 Å². The first-order chi connectivity index (χ1) is 10.3. The van der Waals surface area contributed by atoms with Crippen molar-refractivity contribution in [3.63, 3.8) is 0 Å². The van der Waals surface area contributed by atoms with Gasteiger partial charge in [-0.1, -0.05) is 30.3 Å². The second-order valence-electron chi connectivity index (χ2n) is 4.57. The molecule has 114 valence electrons. The van der Waals surface area contributed by atoms with E-state index in [1.165, 1.54) is 0 Å². The van der Waals surface area contributed by atoms with E-state index in [9.17, 15) is 8.42 Å². The predicted octanol–water partition coefficient (Wildman–Crippen LogP) is 4.01. The molecule has 0 spiro atoms. The molecule has 1 aromatic heterocycles. The molecule has 8 heteroatoms. The largest absolute Gasteiger partial charge is 0.383 e. The van der Waals surface area contributed by atoms with Crippen LogP contribution in [0.3, 0.4) is 0 Å². The highest BCUT2D eigenvalue weighted by molar-refractivity contribution is 9.42. The quantitative estimate of drug-likeness (QED) is 0.419. The van der Waals surface area contributed by atoms with E-state index in [1.807, 2.05) is 54.6 Å². The zero-order valence-corrected chi connectivity index (χ0v) is 16.6. The molecule has 3 aromatic rings. The van der Waals surface area contributed by atoms with E-state index in [0.29, 0.717) is 0 Å². The lowest BCUT2D eigenvalue weighted by Gasteiger charge is -2.10. The van der Waals surface area contributed by atoms with Gasteiger partial charge in [0.1, 0.15) is 5.69 Å². The fourth-order valence-corrected chi connectivity index (χ4v) is 4.47. The van der Waals surface area contributed by atoms with Crippen LogP contribution < -0.4 is 4.57 Å². The van der Waals surface area contributed by atoms with E-state index in [2.05, 4.69) is 52.8 Å². The number of hydrogen-bond acceptors (Lipinski definition) is 2. The minimum absolute atomic E-state index is 0.0746. The topological polar surface area (TPSA) is 53.8 Å². The molecule has 0 aliphatic carbocycles. The third-order valence-electron chi connectivity index (χ3n) is 3.16. The molecule has 22 heavy (non-hydrogen) atoms. The summed E-state index contributed by atoms with van der Waals surface area (Å²) in [5.74, 6) is 0. The standard InChI is InChI=1S/C14H9Br3N2O2S/c15-14(16,17)22(20,21)13-18-11-8-4-5-9-12(11)19(13)10-6-2-1-3-7-10/h1-9H/p+1. The number of rotatable bonds is 2. The molecule has 2 aromatic carbocycles. The number of aromatic nitrogens is 2. The third kappa shape index (κ3) is 2.66. The zero-order chi connectivity index (χ0) is 16.0. The number of H-pyrrole nitrogens is 1. The molecular formula is C14H10Br3N2O2S+. The zero-order valence-electron chi connectivity index (χ0n) is 11.0. The Hall–Kier alpha value is -0.700. The monoisotopic (exact) mass is 507 g/mol. The number of benzene rings is 2. The van der Waals surface area contributed by atoms with Gasteiger partial charge < -0.3 is 0 Å². The average molecular weight is 510 g/mol. The fraction of sp³-hybridized carbons (Fsp3) is 0.0714. The second kappa shape index (κ2) is 5.74. The van der Waals surface area contributed by atoms with Gasteiger partial charge in [0.25, 0.3) is 9.84 Å². The number of para-hydroxylation sites is 3. The Morgan fingerprint density at radius 1 is 0.909 bits per heavy atom. The predicted molar refractivity (Wildman–Crippen MR) is 96.5 cm³/mol. The van der Waals surface area contributed by atoms with Gasteiger partial charge >= 0.3 is 5.16 Å². The molecule has 1 N–H and O–H groups in total. The van der Waals surface area contributed by atoms with E-state index in [1.54, 1.807) is 4.57 Å². The Labute approximate surface area is 152 Å². The van der Waals surface area contributed by atoms with Gasteiger partial charge in [0, 0.05) is 0 Å². The van der Waals surface area contributed by atoms with E-state index in [4.69, 9.17) is 0 Å². The molecular weight excluding hydrogens is 500 g/mol. The summed E-state index contributed by atoms with van der Waals surface area (Å²) in [5, 5.41) is 0.0746. The maximum atomic E-state index is 12.8. The molecule has 0 saturated carbocycles. The molecule has 0 unspecified atom stereocenters. The second-order valence-corrected chi connectivity index (χ2v) is 14.9.